The summed E-state index contributed by atoms with van der Waals surface area (Å²) < 4.78 is 37.5. The monoisotopic (exact) mass is 757 g/mol. The van der Waals surface area contributed by atoms with Crippen LogP contribution in [0.3, 0.4) is 0 Å². The van der Waals surface area contributed by atoms with Gasteiger partial charge in [-0.1, -0.05) is 57.9 Å². The van der Waals surface area contributed by atoms with E-state index in [1.807, 2.05) is 0 Å². The average molecular weight is 760 g/mol. The highest BCUT2D eigenvalue weighted by molar-refractivity contribution is 9.11. The fourth-order valence-electron chi connectivity index (χ4n) is 4.65. The smallest absolute Gasteiger partial charge is 0.343 e. The highest BCUT2D eigenvalue weighted by Gasteiger charge is 2.23. The molecule has 4 aromatic carbocycles. The summed E-state index contributed by atoms with van der Waals surface area (Å²) in [6.45, 7) is 0. The van der Waals surface area contributed by atoms with Crippen LogP contribution in [0.4, 0.5) is 4.39 Å². The topological polar surface area (TPSA) is 111 Å². The molecule has 1 heterocycles. The second kappa shape index (κ2) is 13.7. The molecule has 0 spiro atoms. The molecule has 9 nitrogen and oxygen atoms in total. The first-order valence-corrected chi connectivity index (χ1v) is 15.0. The standard InChI is InChI=1S/C32H23Br2ClFN3O6/c1-42-24-12-16(13-25(43-2)30(24)44-3)32(41)45-29-17(11-18(33)14-21(29)34)15-37-39-31(40)28-26(19-7-4-5-9-22(19)35)20-8-6-10-23(36)27(20)38-28/h4-15,38H,1-3H3,(H,39,40). The number of H-pyrrole nitrogens is 1. The zero-order valence-corrected chi connectivity index (χ0v) is 27.8. The summed E-state index contributed by atoms with van der Waals surface area (Å²) in [6.07, 6.45) is 1.31. The number of ether oxygens (including phenoxy) is 4. The van der Waals surface area contributed by atoms with Crippen LogP contribution in [0.25, 0.3) is 22.0 Å². The van der Waals surface area contributed by atoms with E-state index in [-0.39, 0.29) is 34.0 Å². The fourth-order valence-corrected chi connectivity index (χ4v) is 6.22. The van der Waals surface area contributed by atoms with Gasteiger partial charge < -0.3 is 23.9 Å². The van der Waals surface area contributed by atoms with Crippen molar-refractivity contribution >= 4 is 72.5 Å². The Kier molecular flexibility index (Phi) is 9.76. The first-order chi connectivity index (χ1) is 21.7. The molecule has 0 fully saturated rings. The van der Waals surface area contributed by atoms with Crippen molar-refractivity contribution in [2.45, 2.75) is 0 Å². The number of hydrogen-bond acceptors (Lipinski definition) is 7. The molecule has 1 aromatic heterocycles. The lowest BCUT2D eigenvalue weighted by atomic mass is 10.0. The zero-order valence-electron chi connectivity index (χ0n) is 23.8. The van der Waals surface area contributed by atoms with Gasteiger partial charge in [-0.05, 0) is 52.3 Å². The van der Waals surface area contributed by atoms with Crippen LogP contribution in [0, 0.1) is 5.82 Å². The number of aromatic nitrogens is 1. The Labute approximate surface area is 278 Å². The highest BCUT2D eigenvalue weighted by Crippen LogP contribution is 2.40. The molecule has 2 N–H and O–H groups in total. The van der Waals surface area contributed by atoms with Gasteiger partial charge in [-0.15, -0.1) is 0 Å². The van der Waals surface area contributed by atoms with E-state index in [4.69, 9.17) is 30.5 Å². The third kappa shape index (κ3) is 6.53. The van der Waals surface area contributed by atoms with Gasteiger partial charge in [-0.3, -0.25) is 4.79 Å². The van der Waals surface area contributed by atoms with Gasteiger partial charge in [0.1, 0.15) is 11.5 Å². The number of nitrogens with one attached hydrogen (secondary N) is 2. The van der Waals surface area contributed by atoms with Crippen molar-refractivity contribution in [1.82, 2.24) is 10.4 Å². The summed E-state index contributed by atoms with van der Waals surface area (Å²) in [7, 11) is 4.32. The van der Waals surface area contributed by atoms with Crippen LogP contribution in [0.1, 0.15) is 26.4 Å². The van der Waals surface area contributed by atoms with Crippen molar-refractivity contribution in [2.75, 3.05) is 21.3 Å². The number of fused-ring (bicyclic) bond motifs is 1. The van der Waals surface area contributed by atoms with Crippen LogP contribution in [-0.2, 0) is 0 Å². The first kappa shape index (κ1) is 32.0. The van der Waals surface area contributed by atoms with Crippen LogP contribution in [0.2, 0.25) is 5.02 Å². The van der Waals surface area contributed by atoms with Crippen LogP contribution in [0.5, 0.6) is 23.0 Å². The maximum atomic E-state index is 14.7. The second-order valence-corrected chi connectivity index (χ2v) is 11.5. The van der Waals surface area contributed by atoms with E-state index >= 15 is 0 Å². The van der Waals surface area contributed by atoms with Crippen molar-refractivity contribution in [1.29, 1.82) is 0 Å². The Morgan fingerprint density at radius 2 is 1.64 bits per heavy atom. The molecule has 13 heteroatoms. The number of benzene rings is 4. The molecular formula is C32H23Br2ClFN3O6. The Hall–Kier alpha value is -4.39. The molecule has 230 valence electrons. The maximum Gasteiger partial charge on any atom is 0.343 e. The van der Waals surface area contributed by atoms with E-state index in [9.17, 15) is 14.0 Å². The van der Waals surface area contributed by atoms with Gasteiger partial charge in [-0.25, -0.2) is 14.6 Å². The number of hydrazone groups is 1. The number of hydrogen-bond donors (Lipinski definition) is 2. The molecule has 1 amide bonds. The molecule has 45 heavy (non-hydrogen) atoms. The van der Waals surface area contributed by atoms with E-state index in [2.05, 4.69) is 47.4 Å². The van der Waals surface area contributed by atoms with Crippen LogP contribution in [-0.4, -0.2) is 44.4 Å². The quantitative estimate of drug-likeness (QED) is 0.0680. The number of methoxy groups -OCH3 is 3. The summed E-state index contributed by atoms with van der Waals surface area (Å²) in [5, 5.41) is 4.97. The minimum absolute atomic E-state index is 0.0600. The lowest BCUT2D eigenvalue weighted by Gasteiger charge is -2.15. The number of esters is 1. The fraction of sp³-hybridized carbons (Fsp3) is 0.0938. The number of aromatic amines is 1. The van der Waals surface area contributed by atoms with Crippen LogP contribution < -0.4 is 24.4 Å². The Balaban J connectivity index is 1.46. The van der Waals surface area contributed by atoms with Crippen molar-refractivity contribution in [3.8, 4) is 34.1 Å². The highest BCUT2D eigenvalue weighted by atomic mass is 79.9. The Morgan fingerprint density at radius 1 is 0.933 bits per heavy atom. The predicted octanol–water partition coefficient (Wildman–Crippen LogP) is 8.16. The van der Waals surface area contributed by atoms with Crippen LogP contribution in [0.15, 0.2) is 80.8 Å². The van der Waals surface area contributed by atoms with Gasteiger partial charge in [0.05, 0.1) is 43.1 Å². The first-order valence-electron chi connectivity index (χ1n) is 13.1. The van der Waals surface area contributed by atoms with Crippen molar-refractivity contribution in [3.05, 3.63) is 103 Å². The third-order valence-corrected chi connectivity index (χ3v) is 8.03. The maximum absolute atomic E-state index is 14.7. The van der Waals surface area contributed by atoms with Crippen molar-refractivity contribution < 1.29 is 32.9 Å². The molecule has 0 aliphatic carbocycles. The summed E-state index contributed by atoms with van der Waals surface area (Å²) >= 11 is 13.3. The van der Waals surface area contributed by atoms with Crippen molar-refractivity contribution in [2.24, 2.45) is 5.10 Å². The summed E-state index contributed by atoms with van der Waals surface area (Å²) in [5.41, 5.74) is 4.12. The number of carbonyl (C=O) groups excluding carboxylic acids is 2. The molecule has 0 radical (unpaired) electrons. The molecule has 0 unspecified atom stereocenters. The minimum atomic E-state index is -0.722. The van der Waals surface area contributed by atoms with E-state index in [1.54, 1.807) is 48.5 Å². The van der Waals surface area contributed by atoms with Crippen molar-refractivity contribution in [3.63, 3.8) is 0 Å². The average Bonchev–Trinajstić information content (AvgIpc) is 3.42. The number of nitrogens with zero attached hydrogens (tertiary/aromatic N) is 1. The number of carbonyl (C=O) groups is 2. The van der Waals surface area contributed by atoms with Gasteiger partial charge in [-0.2, -0.15) is 5.10 Å². The molecule has 5 rings (SSSR count). The van der Waals surface area contributed by atoms with Gasteiger partial charge in [0, 0.05) is 31.6 Å². The zero-order chi connectivity index (χ0) is 32.2. The Bertz CT molecular complexity index is 1960. The molecule has 0 atom stereocenters. The largest absolute Gasteiger partial charge is 0.493 e. The molecular weight excluding hydrogens is 737 g/mol. The van der Waals surface area contributed by atoms with Gasteiger partial charge in [0.25, 0.3) is 5.91 Å². The third-order valence-electron chi connectivity index (χ3n) is 6.66. The normalized spacial score (nSPS) is 11.1. The molecule has 0 aliphatic rings. The van der Waals surface area contributed by atoms with Gasteiger partial charge in [0.15, 0.2) is 17.2 Å². The van der Waals surface area contributed by atoms with Gasteiger partial charge >= 0.3 is 5.97 Å². The van der Waals surface area contributed by atoms with Crippen LogP contribution >= 0.6 is 43.5 Å². The lowest BCUT2D eigenvalue weighted by molar-refractivity contribution is 0.0732. The Morgan fingerprint density at radius 3 is 2.31 bits per heavy atom. The SMILES string of the molecule is COc1cc(C(=O)Oc2c(Br)cc(Br)cc2C=NNC(=O)c2[nH]c3c(F)cccc3c2-c2ccccc2Cl)cc(OC)c1OC. The molecule has 0 saturated carbocycles. The number of halogens is 4. The summed E-state index contributed by atoms with van der Waals surface area (Å²) in [4.78, 5) is 29.5. The number of rotatable bonds is 9. The second-order valence-electron chi connectivity index (χ2n) is 9.33. The molecule has 0 bridgehead atoms. The number of amides is 1. The molecule has 0 saturated heterocycles. The summed E-state index contributed by atoms with van der Waals surface area (Å²) in [6, 6.07) is 17.7. The van der Waals surface area contributed by atoms with E-state index < -0.39 is 17.7 Å². The number of para-hydroxylation sites is 1. The van der Waals surface area contributed by atoms with E-state index in [0.717, 1.165) is 0 Å². The lowest BCUT2D eigenvalue weighted by Crippen LogP contribution is -2.19. The van der Waals surface area contributed by atoms with E-state index in [0.29, 0.717) is 41.8 Å². The molecule has 0 aliphatic heterocycles. The van der Waals surface area contributed by atoms with Gasteiger partial charge in [0.2, 0.25) is 5.75 Å². The molecule has 5 aromatic rings. The summed E-state index contributed by atoms with van der Waals surface area (Å²) in [5.74, 6) is -0.907. The predicted molar refractivity (Wildman–Crippen MR) is 177 cm³/mol. The minimum Gasteiger partial charge on any atom is -0.493 e. The van der Waals surface area contributed by atoms with E-state index in [1.165, 1.54) is 45.7 Å².